The van der Waals surface area contributed by atoms with E-state index in [1.54, 1.807) is 49.7 Å². The number of carbonyl (C=O) groups is 1. The molecule has 0 aliphatic carbocycles. The Kier molecular flexibility index (Phi) is 8.01. The van der Waals surface area contributed by atoms with Gasteiger partial charge in [-0.05, 0) is 53.9 Å². The summed E-state index contributed by atoms with van der Waals surface area (Å²) >= 11 is 0. The summed E-state index contributed by atoms with van der Waals surface area (Å²) in [6.45, 7) is 4.08. The second kappa shape index (κ2) is 12.1. The summed E-state index contributed by atoms with van der Waals surface area (Å²) < 4.78 is 13.1. The fourth-order valence-corrected chi connectivity index (χ4v) is 4.41. The minimum atomic E-state index is -0.984. The number of fused-ring (bicyclic) bond motifs is 1. The van der Waals surface area contributed by atoms with Crippen LogP contribution in [0.15, 0.2) is 114 Å². The van der Waals surface area contributed by atoms with Gasteiger partial charge < -0.3 is 14.6 Å². The van der Waals surface area contributed by atoms with Crippen molar-refractivity contribution >= 4 is 23.1 Å². The fourth-order valence-electron chi connectivity index (χ4n) is 4.41. The van der Waals surface area contributed by atoms with Crippen LogP contribution in [-0.4, -0.2) is 34.1 Å². The summed E-state index contributed by atoms with van der Waals surface area (Å²) in [5, 5.41) is 14.2. The van der Waals surface area contributed by atoms with Gasteiger partial charge in [0.05, 0.1) is 29.8 Å². The van der Waals surface area contributed by atoms with Crippen LogP contribution in [-0.2, 0) is 13.0 Å². The molecule has 0 aliphatic heterocycles. The van der Waals surface area contributed by atoms with Crippen LogP contribution in [0.3, 0.4) is 0 Å². The Bertz CT molecular complexity index is 1810. The zero-order valence-corrected chi connectivity index (χ0v) is 22.4. The van der Waals surface area contributed by atoms with E-state index < -0.39 is 5.97 Å². The van der Waals surface area contributed by atoms with Gasteiger partial charge in [-0.1, -0.05) is 60.7 Å². The van der Waals surface area contributed by atoms with E-state index in [1.165, 1.54) is 16.8 Å². The number of aromatic nitrogens is 2. The van der Waals surface area contributed by atoms with E-state index in [-0.39, 0.29) is 17.7 Å². The first-order valence-corrected chi connectivity index (χ1v) is 12.9. The van der Waals surface area contributed by atoms with E-state index in [2.05, 4.69) is 11.7 Å². The zero-order chi connectivity index (χ0) is 28.8. The van der Waals surface area contributed by atoms with Crippen molar-refractivity contribution in [1.82, 2.24) is 9.66 Å². The third-order valence-corrected chi connectivity index (χ3v) is 6.43. The Morgan fingerprint density at radius 3 is 2.46 bits per heavy atom. The highest BCUT2D eigenvalue weighted by molar-refractivity contribution is 5.87. The SMILES string of the molecule is C=CCc1cc(C=Nn2c(-c3ccccc3)nc3ccccc3c2=O)cc(OC)c1OCc1ccc(C(=O)O)cc1. The van der Waals surface area contributed by atoms with Gasteiger partial charge in [-0.3, -0.25) is 4.79 Å². The Labute approximate surface area is 236 Å². The predicted molar refractivity (Wildman–Crippen MR) is 159 cm³/mol. The minimum absolute atomic E-state index is 0.207. The maximum Gasteiger partial charge on any atom is 0.335 e. The number of ether oxygens (including phenoxy) is 2. The normalized spacial score (nSPS) is 11.0. The van der Waals surface area contributed by atoms with Gasteiger partial charge in [0.25, 0.3) is 5.56 Å². The number of hydrogen-bond donors (Lipinski definition) is 1. The molecule has 4 aromatic carbocycles. The highest BCUT2D eigenvalue weighted by atomic mass is 16.5. The average molecular weight is 546 g/mol. The number of nitrogens with zero attached hydrogens (tertiary/aromatic N) is 3. The number of hydrogen-bond acceptors (Lipinski definition) is 6. The quantitative estimate of drug-likeness (QED) is 0.172. The maximum atomic E-state index is 13.5. The molecule has 0 atom stereocenters. The fraction of sp³-hybridized carbons (Fsp3) is 0.0909. The Morgan fingerprint density at radius 2 is 1.76 bits per heavy atom. The first kappa shape index (κ1) is 27.1. The molecule has 0 spiro atoms. The molecule has 1 heterocycles. The van der Waals surface area contributed by atoms with Crippen LogP contribution < -0.4 is 15.0 Å². The minimum Gasteiger partial charge on any atom is -0.493 e. The number of carboxylic acids is 1. The van der Waals surface area contributed by atoms with Gasteiger partial charge in [0.15, 0.2) is 17.3 Å². The lowest BCUT2D eigenvalue weighted by molar-refractivity contribution is 0.0697. The predicted octanol–water partition coefficient (Wildman–Crippen LogP) is 5.96. The number of aromatic carboxylic acids is 1. The van der Waals surface area contributed by atoms with Gasteiger partial charge in [0.1, 0.15) is 6.61 Å². The molecule has 8 nitrogen and oxygen atoms in total. The number of allylic oxidation sites excluding steroid dienone is 1. The van der Waals surface area contributed by atoms with Crippen LogP contribution in [0.1, 0.15) is 27.0 Å². The van der Waals surface area contributed by atoms with E-state index in [0.717, 1.165) is 16.7 Å². The van der Waals surface area contributed by atoms with Gasteiger partial charge in [0, 0.05) is 11.1 Å². The second-order valence-electron chi connectivity index (χ2n) is 9.18. The summed E-state index contributed by atoms with van der Waals surface area (Å²) in [6, 6.07) is 26.8. The third-order valence-electron chi connectivity index (χ3n) is 6.43. The highest BCUT2D eigenvalue weighted by Crippen LogP contribution is 2.34. The van der Waals surface area contributed by atoms with E-state index in [0.29, 0.717) is 40.2 Å². The topological polar surface area (TPSA) is 103 Å². The van der Waals surface area contributed by atoms with Gasteiger partial charge in [0.2, 0.25) is 0 Å². The van der Waals surface area contributed by atoms with Crippen molar-refractivity contribution in [1.29, 1.82) is 0 Å². The molecule has 41 heavy (non-hydrogen) atoms. The molecule has 8 heteroatoms. The summed E-state index contributed by atoms with van der Waals surface area (Å²) in [4.78, 5) is 29.4. The monoisotopic (exact) mass is 545 g/mol. The summed E-state index contributed by atoms with van der Waals surface area (Å²) in [5.74, 6) is 0.474. The van der Waals surface area contributed by atoms with E-state index in [1.807, 2.05) is 48.5 Å². The van der Waals surface area contributed by atoms with Crippen molar-refractivity contribution in [3.63, 3.8) is 0 Å². The standard InChI is InChI=1S/C33H27N3O5/c1-3-9-26-18-23(19-29(40-2)30(26)41-21-22-14-16-25(17-15-22)33(38)39)20-34-36-31(24-10-5-4-6-11-24)35-28-13-8-7-12-27(28)32(36)37/h3-8,10-20H,1,9,21H2,2H3,(H,38,39). The van der Waals surface area contributed by atoms with Crippen LogP contribution in [0.2, 0.25) is 0 Å². The molecule has 5 aromatic rings. The molecule has 0 bridgehead atoms. The lowest BCUT2D eigenvalue weighted by atomic mass is 10.1. The van der Waals surface area contributed by atoms with Gasteiger partial charge >= 0.3 is 5.97 Å². The summed E-state index contributed by atoms with van der Waals surface area (Å²) in [6.07, 6.45) is 3.85. The molecule has 0 saturated heterocycles. The van der Waals surface area contributed by atoms with Crippen LogP contribution in [0.25, 0.3) is 22.3 Å². The Morgan fingerprint density at radius 1 is 1.02 bits per heavy atom. The lowest BCUT2D eigenvalue weighted by Crippen LogP contribution is -2.20. The second-order valence-corrected chi connectivity index (χ2v) is 9.18. The first-order chi connectivity index (χ1) is 20.0. The number of methoxy groups -OCH3 is 1. The Balaban J connectivity index is 1.52. The third kappa shape index (κ3) is 5.91. The van der Waals surface area contributed by atoms with Crippen molar-refractivity contribution < 1.29 is 19.4 Å². The highest BCUT2D eigenvalue weighted by Gasteiger charge is 2.15. The van der Waals surface area contributed by atoms with Crippen molar-refractivity contribution in [3.8, 4) is 22.9 Å². The molecule has 1 aromatic heterocycles. The molecular weight excluding hydrogens is 518 g/mol. The summed E-state index contributed by atoms with van der Waals surface area (Å²) in [5.41, 5.74) is 3.60. The van der Waals surface area contributed by atoms with Crippen molar-refractivity contribution in [2.24, 2.45) is 5.10 Å². The van der Waals surface area contributed by atoms with Crippen molar-refractivity contribution in [3.05, 3.63) is 136 Å². The average Bonchev–Trinajstić information content (AvgIpc) is 3.00. The first-order valence-electron chi connectivity index (χ1n) is 12.9. The number of carboxylic acid groups (broad SMARTS) is 1. The molecular formula is C33H27N3O5. The number of benzene rings is 4. The van der Waals surface area contributed by atoms with Crippen LogP contribution >= 0.6 is 0 Å². The Hall–Kier alpha value is -5.50. The molecule has 0 fully saturated rings. The number of rotatable bonds is 10. The largest absolute Gasteiger partial charge is 0.493 e. The smallest absolute Gasteiger partial charge is 0.335 e. The van der Waals surface area contributed by atoms with Gasteiger partial charge in [-0.25, -0.2) is 9.78 Å². The van der Waals surface area contributed by atoms with Gasteiger partial charge in [-0.15, -0.1) is 6.58 Å². The molecule has 0 aliphatic rings. The van der Waals surface area contributed by atoms with E-state index in [9.17, 15) is 9.59 Å². The summed E-state index contributed by atoms with van der Waals surface area (Å²) in [7, 11) is 1.55. The molecule has 0 amide bonds. The maximum absolute atomic E-state index is 13.5. The molecule has 1 N–H and O–H groups in total. The van der Waals surface area contributed by atoms with Crippen molar-refractivity contribution in [2.45, 2.75) is 13.0 Å². The van der Waals surface area contributed by atoms with E-state index >= 15 is 0 Å². The van der Waals surface area contributed by atoms with Crippen LogP contribution in [0.5, 0.6) is 11.5 Å². The van der Waals surface area contributed by atoms with Gasteiger partial charge in [-0.2, -0.15) is 9.78 Å². The van der Waals surface area contributed by atoms with Crippen LogP contribution in [0, 0.1) is 0 Å². The molecule has 0 radical (unpaired) electrons. The zero-order valence-electron chi connectivity index (χ0n) is 22.4. The van der Waals surface area contributed by atoms with Crippen LogP contribution in [0.4, 0.5) is 0 Å². The number of para-hydroxylation sites is 1. The molecule has 0 saturated carbocycles. The molecule has 204 valence electrons. The molecule has 5 rings (SSSR count). The molecule has 0 unspecified atom stereocenters. The van der Waals surface area contributed by atoms with Crippen molar-refractivity contribution in [2.75, 3.05) is 7.11 Å². The lowest BCUT2D eigenvalue weighted by Gasteiger charge is -2.16. The van der Waals surface area contributed by atoms with E-state index in [4.69, 9.17) is 19.6 Å².